The number of benzene rings is 2. The molecule has 3 nitrogen and oxygen atoms in total. The summed E-state index contributed by atoms with van der Waals surface area (Å²) in [6.45, 7) is 0. The van der Waals surface area contributed by atoms with Gasteiger partial charge in [0.05, 0.1) is 10.9 Å². The third-order valence-electron chi connectivity index (χ3n) is 3.30. The molecule has 0 amide bonds. The van der Waals surface area contributed by atoms with Crippen LogP contribution in [0, 0.1) is 0 Å². The zero-order valence-corrected chi connectivity index (χ0v) is 10.5. The van der Waals surface area contributed by atoms with Crippen molar-refractivity contribution in [1.29, 1.82) is 0 Å². The van der Waals surface area contributed by atoms with Crippen molar-refractivity contribution in [2.24, 2.45) is 0 Å². The Balaban J connectivity index is 2.35. The molecule has 4 heteroatoms. The minimum Gasteiger partial charge on any atom is -0.454 e. The van der Waals surface area contributed by atoms with Gasteiger partial charge in [-0.25, -0.2) is 0 Å². The first-order chi connectivity index (χ1) is 9.24. The molecule has 0 aliphatic heterocycles. The van der Waals surface area contributed by atoms with E-state index in [1.807, 2.05) is 30.3 Å². The Morgan fingerprint density at radius 3 is 2.74 bits per heavy atom. The van der Waals surface area contributed by atoms with E-state index in [0.717, 1.165) is 21.9 Å². The van der Waals surface area contributed by atoms with Gasteiger partial charge in [-0.15, -0.1) is 0 Å². The summed E-state index contributed by atoms with van der Waals surface area (Å²) in [5, 5.41) is 2.76. The fourth-order valence-electron chi connectivity index (χ4n) is 2.44. The monoisotopic (exact) mass is 269 g/mol. The van der Waals surface area contributed by atoms with Crippen LogP contribution in [0.3, 0.4) is 0 Å². The number of fused-ring (bicyclic) bond motifs is 5. The van der Waals surface area contributed by atoms with Gasteiger partial charge in [0.25, 0.3) is 5.56 Å². The van der Waals surface area contributed by atoms with E-state index in [2.05, 4.69) is 4.98 Å². The molecule has 0 aliphatic rings. The molecule has 0 unspecified atom stereocenters. The van der Waals surface area contributed by atoms with Gasteiger partial charge >= 0.3 is 0 Å². The number of aromatic nitrogens is 1. The van der Waals surface area contributed by atoms with Crippen LogP contribution in [-0.2, 0) is 0 Å². The second-order valence-electron chi connectivity index (χ2n) is 4.45. The molecule has 0 saturated carbocycles. The first-order valence-electron chi connectivity index (χ1n) is 5.87. The first kappa shape index (κ1) is 10.6. The van der Waals surface area contributed by atoms with Gasteiger partial charge in [-0.3, -0.25) is 4.79 Å². The smallest absolute Gasteiger partial charge is 0.256 e. The molecule has 0 atom stereocenters. The normalized spacial score (nSPS) is 11.6. The summed E-state index contributed by atoms with van der Waals surface area (Å²) in [5.74, 6) is 0. The van der Waals surface area contributed by atoms with Crippen LogP contribution < -0.4 is 5.56 Å². The number of furan rings is 1. The van der Waals surface area contributed by atoms with Crippen molar-refractivity contribution < 1.29 is 4.42 Å². The van der Waals surface area contributed by atoms with Crippen molar-refractivity contribution in [3.8, 4) is 0 Å². The highest BCUT2D eigenvalue weighted by Crippen LogP contribution is 2.31. The van der Waals surface area contributed by atoms with E-state index in [0.29, 0.717) is 16.0 Å². The second-order valence-corrected chi connectivity index (χ2v) is 4.88. The van der Waals surface area contributed by atoms with Crippen LogP contribution in [-0.4, -0.2) is 4.98 Å². The highest BCUT2D eigenvalue weighted by molar-refractivity contribution is 6.31. The SMILES string of the molecule is O=c1[nH]c2c3ccccc3oc2c2ccc(Cl)cc12. The fraction of sp³-hybridized carbons (Fsp3) is 0. The van der Waals surface area contributed by atoms with Crippen molar-refractivity contribution in [3.63, 3.8) is 0 Å². The maximum Gasteiger partial charge on any atom is 0.256 e. The summed E-state index contributed by atoms with van der Waals surface area (Å²) in [5.41, 5.74) is 2.02. The summed E-state index contributed by atoms with van der Waals surface area (Å²) >= 11 is 5.94. The molecule has 0 spiro atoms. The molecular formula is C15H8ClNO2. The standard InChI is InChI=1S/C15H8ClNO2/c16-8-5-6-9-11(7-8)15(18)17-13-10-3-1-2-4-12(10)19-14(9)13/h1-7H,(H,17,18). The number of H-pyrrole nitrogens is 1. The highest BCUT2D eigenvalue weighted by Gasteiger charge is 2.12. The van der Waals surface area contributed by atoms with Crippen LogP contribution in [0.25, 0.3) is 32.8 Å². The molecule has 2 aromatic heterocycles. The molecule has 4 aromatic rings. The molecule has 4 rings (SSSR count). The summed E-state index contributed by atoms with van der Waals surface area (Å²) in [6.07, 6.45) is 0. The van der Waals surface area contributed by atoms with Gasteiger partial charge in [0.1, 0.15) is 5.58 Å². The van der Waals surface area contributed by atoms with Crippen molar-refractivity contribution in [3.05, 3.63) is 57.8 Å². The Hall–Kier alpha value is -2.26. The summed E-state index contributed by atoms with van der Waals surface area (Å²) in [7, 11) is 0. The van der Waals surface area contributed by atoms with Crippen molar-refractivity contribution in [2.45, 2.75) is 0 Å². The predicted molar refractivity (Wildman–Crippen MR) is 76.9 cm³/mol. The minimum absolute atomic E-state index is 0.156. The van der Waals surface area contributed by atoms with Gasteiger partial charge < -0.3 is 9.40 Å². The summed E-state index contributed by atoms with van der Waals surface area (Å²) < 4.78 is 5.85. The lowest BCUT2D eigenvalue weighted by Gasteiger charge is -1.98. The Kier molecular flexibility index (Phi) is 2.03. The largest absolute Gasteiger partial charge is 0.454 e. The zero-order valence-electron chi connectivity index (χ0n) is 9.74. The van der Waals surface area contributed by atoms with E-state index >= 15 is 0 Å². The average Bonchev–Trinajstić information content (AvgIpc) is 2.78. The van der Waals surface area contributed by atoms with Gasteiger partial charge in [0.2, 0.25) is 0 Å². The summed E-state index contributed by atoms with van der Waals surface area (Å²) in [4.78, 5) is 15.0. The molecule has 19 heavy (non-hydrogen) atoms. The number of pyridine rings is 1. The van der Waals surface area contributed by atoms with Crippen LogP contribution in [0.2, 0.25) is 5.02 Å². The Bertz CT molecular complexity index is 997. The van der Waals surface area contributed by atoms with Crippen LogP contribution in [0.4, 0.5) is 0 Å². The zero-order chi connectivity index (χ0) is 13.0. The number of para-hydroxylation sites is 1. The molecule has 92 valence electrons. The lowest BCUT2D eigenvalue weighted by atomic mass is 10.1. The molecule has 0 aliphatic carbocycles. The third-order valence-corrected chi connectivity index (χ3v) is 3.54. The number of nitrogens with one attached hydrogen (secondary N) is 1. The van der Waals surface area contributed by atoms with Crippen molar-refractivity contribution in [1.82, 2.24) is 4.98 Å². The van der Waals surface area contributed by atoms with E-state index < -0.39 is 0 Å². The molecule has 1 N–H and O–H groups in total. The van der Waals surface area contributed by atoms with Crippen molar-refractivity contribution >= 4 is 44.4 Å². The van der Waals surface area contributed by atoms with Crippen LogP contribution in [0.15, 0.2) is 51.7 Å². The first-order valence-corrected chi connectivity index (χ1v) is 6.24. The van der Waals surface area contributed by atoms with Crippen LogP contribution in [0.1, 0.15) is 0 Å². The fourth-order valence-corrected chi connectivity index (χ4v) is 2.61. The lowest BCUT2D eigenvalue weighted by molar-refractivity contribution is 0.672. The van der Waals surface area contributed by atoms with E-state index in [4.69, 9.17) is 16.0 Å². The van der Waals surface area contributed by atoms with Gasteiger partial charge in [-0.05, 0) is 30.3 Å². The van der Waals surface area contributed by atoms with Gasteiger partial charge in [-0.1, -0.05) is 23.7 Å². The molecule has 0 saturated heterocycles. The maximum absolute atomic E-state index is 12.1. The molecule has 0 bridgehead atoms. The van der Waals surface area contributed by atoms with Gasteiger partial charge in [0, 0.05) is 15.8 Å². The second kappa shape index (κ2) is 3.62. The van der Waals surface area contributed by atoms with E-state index in [9.17, 15) is 4.79 Å². The Labute approximate surface area is 112 Å². The molecule has 0 fully saturated rings. The number of halogens is 1. The highest BCUT2D eigenvalue weighted by atomic mass is 35.5. The molecule has 2 heterocycles. The minimum atomic E-state index is -0.156. The predicted octanol–water partition coefficient (Wildman–Crippen LogP) is 4.08. The number of hydrogen-bond acceptors (Lipinski definition) is 2. The molecule has 0 radical (unpaired) electrons. The molecular weight excluding hydrogens is 262 g/mol. The van der Waals surface area contributed by atoms with Crippen LogP contribution in [0.5, 0.6) is 0 Å². The Morgan fingerprint density at radius 1 is 1.00 bits per heavy atom. The number of aromatic amines is 1. The number of rotatable bonds is 0. The lowest BCUT2D eigenvalue weighted by Crippen LogP contribution is -2.05. The Morgan fingerprint density at radius 2 is 1.84 bits per heavy atom. The van der Waals surface area contributed by atoms with Crippen LogP contribution >= 0.6 is 11.6 Å². The summed E-state index contributed by atoms with van der Waals surface area (Å²) in [6, 6.07) is 12.9. The van der Waals surface area contributed by atoms with E-state index in [1.165, 1.54) is 0 Å². The molecule has 2 aromatic carbocycles. The number of hydrogen-bond donors (Lipinski definition) is 1. The average molecular weight is 270 g/mol. The quantitative estimate of drug-likeness (QED) is 0.523. The van der Waals surface area contributed by atoms with Gasteiger partial charge in [0.15, 0.2) is 5.58 Å². The van der Waals surface area contributed by atoms with E-state index in [-0.39, 0.29) is 5.56 Å². The van der Waals surface area contributed by atoms with Gasteiger partial charge in [-0.2, -0.15) is 0 Å². The van der Waals surface area contributed by atoms with E-state index in [1.54, 1.807) is 12.1 Å². The topological polar surface area (TPSA) is 46.0 Å². The van der Waals surface area contributed by atoms with Crippen molar-refractivity contribution in [2.75, 3.05) is 0 Å². The third kappa shape index (κ3) is 1.42. The maximum atomic E-state index is 12.1.